The number of nitrogens with one attached hydrogen (secondary N) is 2. The fraction of sp³-hybridized carbons (Fsp3) is 0.240. The summed E-state index contributed by atoms with van der Waals surface area (Å²) >= 11 is 1.36. The Morgan fingerprint density at radius 3 is 2.91 bits per heavy atom. The molecule has 1 aliphatic heterocycles. The zero-order valence-electron chi connectivity index (χ0n) is 18.5. The standard InChI is InChI=1S/C25H23N5O3S/c1-3-9-27-25(33)30-15(2)12-16-13-17(6-7-20(16)30)28-18-8-10-26-19-14-21(34-23(18)19)24(32)29-11-4-5-22(29)31/h1,6-8,10,12-14,22,31H,4-5,9,11H2,2H3,(H,26,28)(H,27,33). The highest BCUT2D eigenvalue weighted by Gasteiger charge is 2.29. The molecule has 0 bridgehead atoms. The fourth-order valence-electron chi connectivity index (χ4n) is 4.33. The summed E-state index contributed by atoms with van der Waals surface area (Å²) in [5.41, 5.74) is 3.99. The zero-order chi connectivity index (χ0) is 23.8. The number of carbonyl (C=O) groups excluding carboxylic acids is 2. The number of likely N-dealkylation sites (tertiary alicyclic amines) is 1. The van der Waals surface area contributed by atoms with E-state index in [9.17, 15) is 14.7 Å². The van der Waals surface area contributed by atoms with Crippen molar-refractivity contribution in [3.05, 3.63) is 53.2 Å². The number of pyridine rings is 1. The van der Waals surface area contributed by atoms with Crippen LogP contribution >= 0.6 is 11.3 Å². The lowest BCUT2D eigenvalue weighted by molar-refractivity contribution is 0.0297. The van der Waals surface area contributed by atoms with Gasteiger partial charge in [0.05, 0.1) is 32.8 Å². The van der Waals surface area contributed by atoms with Gasteiger partial charge < -0.3 is 20.6 Å². The zero-order valence-corrected chi connectivity index (χ0v) is 19.4. The Hall–Kier alpha value is -3.87. The number of fused-ring (bicyclic) bond motifs is 2. The Labute approximate surface area is 200 Å². The molecular weight excluding hydrogens is 450 g/mol. The second-order valence-corrected chi connectivity index (χ2v) is 9.24. The molecule has 1 aliphatic rings. The van der Waals surface area contributed by atoms with E-state index in [0.29, 0.717) is 17.8 Å². The summed E-state index contributed by atoms with van der Waals surface area (Å²) in [6.07, 6.45) is 7.64. The van der Waals surface area contributed by atoms with E-state index in [0.717, 1.165) is 44.6 Å². The number of terminal acetylenes is 1. The predicted octanol–water partition coefficient (Wildman–Crippen LogP) is 4.05. The first kappa shape index (κ1) is 21.9. The lowest BCUT2D eigenvalue weighted by atomic mass is 10.2. The summed E-state index contributed by atoms with van der Waals surface area (Å²) < 4.78 is 2.47. The van der Waals surface area contributed by atoms with Gasteiger partial charge in [0.1, 0.15) is 6.23 Å². The third-order valence-electron chi connectivity index (χ3n) is 5.91. The molecule has 1 saturated heterocycles. The number of aliphatic hydroxyl groups excluding tert-OH is 1. The van der Waals surface area contributed by atoms with Gasteiger partial charge in [0.25, 0.3) is 5.91 Å². The average Bonchev–Trinajstić information content (AvgIpc) is 3.53. The van der Waals surface area contributed by atoms with Gasteiger partial charge in [-0.3, -0.25) is 14.3 Å². The van der Waals surface area contributed by atoms with Crippen LogP contribution in [-0.2, 0) is 0 Å². The number of aromatic nitrogens is 2. The Kier molecular flexibility index (Phi) is 5.69. The number of thiophene rings is 1. The van der Waals surface area contributed by atoms with E-state index in [1.807, 2.05) is 37.3 Å². The summed E-state index contributed by atoms with van der Waals surface area (Å²) in [4.78, 5) is 31.8. The minimum atomic E-state index is -0.723. The van der Waals surface area contributed by atoms with Crippen molar-refractivity contribution in [2.24, 2.45) is 0 Å². The van der Waals surface area contributed by atoms with Gasteiger partial charge in [0, 0.05) is 29.5 Å². The Morgan fingerprint density at radius 2 is 2.15 bits per heavy atom. The number of aryl methyl sites for hydroxylation is 1. The molecule has 0 aliphatic carbocycles. The van der Waals surface area contributed by atoms with Crippen molar-refractivity contribution >= 4 is 55.8 Å². The molecular formula is C25H23N5O3S. The SMILES string of the molecule is C#CCNC(=O)n1c(C)cc2cc(Nc3ccnc4cc(C(=O)N5CCCC5O)sc34)ccc21. The summed E-state index contributed by atoms with van der Waals surface area (Å²) in [7, 11) is 0. The largest absolute Gasteiger partial charge is 0.374 e. The average molecular weight is 474 g/mol. The van der Waals surface area contributed by atoms with Crippen LogP contribution < -0.4 is 10.6 Å². The normalized spacial score (nSPS) is 15.6. The van der Waals surface area contributed by atoms with E-state index in [-0.39, 0.29) is 18.5 Å². The van der Waals surface area contributed by atoms with E-state index in [2.05, 4.69) is 21.5 Å². The van der Waals surface area contributed by atoms with Crippen molar-refractivity contribution in [3.63, 3.8) is 0 Å². The first-order valence-electron chi connectivity index (χ1n) is 10.9. The summed E-state index contributed by atoms with van der Waals surface area (Å²) in [5, 5.41) is 17.1. The van der Waals surface area contributed by atoms with Crippen molar-refractivity contribution < 1.29 is 14.7 Å². The molecule has 0 spiro atoms. The third kappa shape index (κ3) is 3.87. The summed E-state index contributed by atoms with van der Waals surface area (Å²) in [5.74, 6) is 2.24. The van der Waals surface area contributed by atoms with Gasteiger partial charge >= 0.3 is 6.03 Å². The van der Waals surface area contributed by atoms with Gasteiger partial charge in [-0.1, -0.05) is 5.92 Å². The molecule has 0 radical (unpaired) electrons. The molecule has 1 atom stereocenters. The van der Waals surface area contributed by atoms with Crippen LogP contribution in [0.5, 0.6) is 0 Å². The first-order valence-corrected chi connectivity index (χ1v) is 11.8. The highest BCUT2D eigenvalue weighted by Crippen LogP contribution is 2.34. The maximum Gasteiger partial charge on any atom is 0.327 e. The maximum absolute atomic E-state index is 12.9. The van der Waals surface area contributed by atoms with Crippen molar-refractivity contribution in [2.45, 2.75) is 26.0 Å². The summed E-state index contributed by atoms with van der Waals surface area (Å²) in [6.45, 7) is 2.60. The first-order chi connectivity index (χ1) is 16.5. The molecule has 3 aromatic heterocycles. The van der Waals surface area contributed by atoms with Gasteiger partial charge in [0.2, 0.25) is 0 Å². The Bertz CT molecular complexity index is 1460. The predicted molar refractivity (Wildman–Crippen MR) is 133 cm³/mol. The molecule has 3 N–H and O–H groups in total. The third-order valence-corrected chi connectivity index (χ3v) is 7.06. The minimum absolute atomic E-state index is 0.164. The Morgan fingerprint density at radius 1 is 1.29 bits per heavy atom. The second-order valence-electron chi connectivity index (χ2n) is 8.19. The van der Waals surface area contributed by atoms with Crippen LogP contribution in [0.1, 0.15) is 28.2 Å². The smallest absolute Gasteiger partial charge is 0.327 e. The molecule has 172 valence electrons. The number of aliphatic hydroxyl groups is 1. The summed E-state index contributed by atoms with van der Waals surface area (Å²) in [6, 6.07) is 11.1. The van der Waals surface area contributed by atoms with Crippen LogP contribution in [0.2, 0.25) is 0 Å². The molecule has 9 heteroatoms. The maximum atomic E-state index is 12.9. The van der Waals surface area contributed by atoms with Gasteiger partial charge in [-0.25, -0.2) is 4.79 Å². The van der Waals surface area contributed by atoms with Crippen LogP contribution in [0.4, 0.5) is 16.2 Å². The van der Waals surface area contributed by atoms with E-state index in [1.165, 1.54) is 16.2 Å². The van der Waals surface area contributed by atoms with Crippen LogP contribution in [0, 0.1) is 19.3 Å². The molecule has 1 unspecified atom stereocenters. The van der Waals surface area contributed by atoms with Crippen molar-refractivity contribution in [3.8, 4) is 12.3 Å². The quantitative estimate of drug-likeness (QED) is 0.389. The van der Waals surface area contributed by atoms with Gasteiger partial charge in [-0.2, -0.15) is 0 Å². The molecule has 1 fully saturated rings. The van der Waals surface area contributed by atoms with Crippen molar-refractivity contribution in [1.82, 2.24) is 19.8 Å². The molecule has 8 nitrogen and oxygen atoms in total. The number of carbonyl (C=O) groups is 2. The number of nitrogens with zero attached hydrogens (tertiary/aromatic N) is 3. The molecule has 4 aromatic rings. The number of amides is 2. The van der Waals surface area contributed by atoms with E-state index >= 15 is 0 Å². The van der Waals surface area contributed by atoms with Crippen LogP contribution in [0.25, 0.3) is 21.1 Å². The number of anilines is 2. The minimum Gasteiger partial charge on any atom is -0.374 e. The fourth-order valence-corrected chi connectivity index (χ4v) is 5.37. The van der Waals surface area contributed by atoms with Gasteiger partial charge in [-0.05, 0) is 56.2 Å². The topological polar surface area (TPSA) is 99.5 Å². The molecule has 34 heavy (non-hydrogen) atoms. The molecule has 0 saturated carbocycles. The molecule has 4 heterocycles. The van der Waals surface area contributed by atoms with Crippen LogP contribution in [-0.4, -0.2) is 50.8 Å². The monoisotopic (exact) mass is 473 g/mol. The second kappa shape index (κ2) is 8.82. The molecule has 2 amide bonds. The highest BCUT2D eigenvalue weighted by molar-refractivity contribution is 7.21. The Balaban J connectivity index is 1.44. The number of rotatable bonds is 4. The van der Waals surface area contributed by atoms with Crippen molar-refractivity contribution in [2.75, 3.05) is 18.4 Å². The van der Waals surface area contributed by atoms with E-state index in [1.54, 1.807) is 16.8 Å². The lowest BCUT2D eigenvalue weighted by Crippen LogP contribution is -2.34. The van der Waals surface area contributed by atoms with Gasteiger partial charge in [0.15, 0.2) is 0 Å². The molecule has 5 rings (SSSR count). The highest BCUT2D eigenvalue weighted by atomic mass is 32.1. The van der Waals surface area contributed by atoms with Crippen LogP contribution in [0.3, 0.4) is 0 Å². The van der Waals surface area contributed by atoms with Gasteiger partial charge in [-0.15, -0.1) is 17.8 Å². The number of hydrogen-bond donors (Lipinski definition) is 3. The van der Waals surface area contributed by atoms with E-state index < -0.39 is 6.23 Å². The van der Waals surface area contributed by atoms with Crippen molar-refractivity contribution in [1.29, 1.82) is 0 Å². The lowest BCUT2D eigenvalue weighted by Gasteiger charge is -2.18. The number of hydrogen-bond acceptors (Lipinski definition) is 6. The molecule has 1 aromatic carbocycles. The van der Waals surface area contributed by atoms with Crippen LogP contribution in [0.15, 0.2) is 42.6 Å². The number of benzene rings is 1. The van der Waals surface area contributed by atoms with E-state index in [4.69, 9.17) is 6.42 Å².